The van der Waals surface area contributed by atoms with Crippen LogP contribution in [0.4, 0.5) is 4.39 Å². The number of benzene rings is 1. The van der Waals surface area contributed by atoms with Gasteiger partial charge < -0.3 is 4.90 Å². The first kappa shape index (κ1) is 13.3. The summed E-state index contributed by atoms with van der Waals surface area (Å²) in [5.41, 5.74) is 0.460. The molecule has 1 amide bonds. The minimum atomic E-state index is -0.315. The minimum Gasteiger partial charge on any atom is -0.338 e. The van der Waals surface area contributed by atoms with Crippen molar-refractivity contribution in [1.29, 1.82) is 0 Å². The Bertz CT molecular complexity index is 424. The summed E-state index contributed by atoms with van der Waals surface area (Å²) >= 11 is 5.89. The fraction of sp³-hybridized carbons (Fsp3) is 0.500. The first-order valence-corrected chi connectivity index (χ1v) is 6.84. The predicted octanol–water partition coefficient (Wildman–Crippen LogP) is 2.99. The predicted molar refractivity (Wildman–Crippen MR) is 70.2 cm³/mol. The van der Waals surface area contributed by atoms with Gasteiger partial charge in [0.25, 0.3) is 0 Å². The van der Waals surface area contributed by atoms with Crippen LogP contribution in [0, 0.1) is 5.82 Å². The molecule has 1 aromatic carbocycles. The second-order valence-corrected chi connectivity index (χ2v) is 4.97. The summed E-state index contributed by atoms with van der Waals surface area (Å²) in [6, 6.07) is 6.54. The van der Waals surface area contributed by atoms with Gasteiger partial charge in [-0.3, -0.25) is 4.79 Å². The van der Waals surface area contributed by atoms with E-state index in [9.17, 15) is 9.18 Å². The molecule has 0 saturated carbocycles. The van der Waals surface area contributed by atoms with E-state index in [2.05, 4.69) is 0 Å². The van der Waals surface area contributed by atoms with Gasteiger partial charge in [-0.15, -0.1) is 11.6 Å². The summed E-state index contributed by atoms with van der Waals surface area (Å²) in [6.45, 7) is 0.741. The highest BCUT2D eigenvalue weighted by molar-refractivity contribution is 6.18. The lowest BCUT2D eigenvalue weighted by Gasteiger charge is -2.34. The van der Waals surface area contributed by atoms with Crippen LogP contribution in [0.15, 0.2) is 24.3 Å². The summed E-state index contributed by atoms with van der Waals surface area (Å²) < 4.78 is 13.5. The number of nitrogens with zero attached hydrogens (tertiary/aromatic N) is 1. The zero-order chi connectivity index (χ0) is 13.0. The third-order valence-corrected chi connectivity index (χ3v) is 3.78. The minimum absolute atomic E-state index is 0.0227. The standard InChI is InChI=1S/C14H17ClFNO/c15-10-12-6-3-4-8-17(12)14(18)9-11-5-1-2-7-13(11)16/h1-2,5,7,12H,3-4,6,8-10H2. The highest BCUT2D eigenvalue weighted by Crippen LogP contribution is 2.19. The number of alkyl halides is 1. The number of carbonyl (C=O) groups is 1. The maximum Gasteiger partial charge on any atom is 0.227 e. The molecule has 0 N–H and O–H groups in total. The number of likely N-dealkylation sites (tertiary alicyclic amines) is 1. The summed E-state index contributed by atoms with van der Waals surface area (Å²) in [4.78, 5) is 14.0. The van der Waals surface area contributed by atoms with Gasteiger partial charge in [0.1, 0.15) is 5.82 Å². The average Bonchev–Trinajstić information content (AvgIpc) is 2.41. The molecule has 1 unspecified atom stereocenters. The zero-order valence-corrected chi connectivity index (χ0v) is 11.0. The van der Waals surface area contributed by atoms with E-state index in [1.807, 2.05) is 4.90 Å². The van der Waals surface area contributed by atoms with Crippen LogP contribution in [0.1, 0.15) is 24.8 Å². The van der Waals surface area contributed by atoms with Crippen molar-refractivity contribution in [3.05, 3.63) is 35.6 Å². The number of hydrogen-bond donors (Lipinski definition) is 0. The molecule has 1 saturated heterocycles. The maximum atomic E-state index is 13.5. The van der Waals surface area contributed by atoms with Crippen LogP contribution in [-0.4, -0.2) is 29.3 Å². The quantitative estimate of drug-likeness (QED) is 0.773. The Hall–Kier alpha value is -1.09. The van der Waals surface area contributed by atoms with E-state index >= 15 is 0 Å². The van der Waals surface area contributed by atoms with Crippen molar-refractivity contribution < 1.29 is 9.18 Å². The monoisotopic (exact) mass is 269 g/mol. The van der Waals surface area contributed by atoms with Gasteiger partial charge in [-0.1, -0.05) is 18.2 Å². The summed E-state index contributed by atoms with van der Waals surface area (Å²) in [5, 5.41) is 0. The van der Waals surface area contributed by atoms with Gasteiger partial charge in [-0.05, 0) is 30.9 Å². The van der Waals surface area contributed by atoms with Gasteiger partial charge in [-0.25, -0.2) is 4.39 Å². The van der Waals surface area contributed by atoms with Crippen LogP contribution >= 0.6 is 11.6 Å². The van der Waals surface area contributed by atoms with Crippen LogP contribution in [0.5, 0.6) is 0 Å². The fourth-order valence-corrected chi connectivity index (χ4v) is 2.72. The molecule has 0 spiro atoms. The third kappa shape index (κ3) is 3.02. The van der Waals surface area contributed by atoms with Crippen molar-refractivity contribution in [3.8, 4) is 0 Å². The van der Waals surface area contributed by atoms with E-state index < -0.39 is 0 Å². The summed E-state index contributed by atoms with van der Waals surface area (Å²) in [6.07, 6.45) is 3.20. The molecule has 18 heavy (non-hydrogen) atoms. The molecular weight excluding hydrogens is 253 g/mol. The molecule has 1 fully saturated rings. The number of rotatable bonds is 3. The van der Waals surface area contributed by atoms with Crippen molar-refractivity contribution >= 4 is 17.5 Å². The first-order valence-electron chi connectivity index (χ1n) is 6.31. The van der Waals surface area contributed by atoms with Crippen molar-refractivity contribution in [2.75, 3.05) is 12.4 Å². The lowest BCUT2D eigenvalue weighted by atomic mass is 10.0. The van der Waals surface area contributed by atoms with Crippen LogP contribution in [-0.2, 0) is 11.2 Å². The highest BCUT2D eigenvalue weighted by Gasteiger charge is 2.26. The highest BCUT2D eigenvalue weighted by atomic mass is 35.5. The van der Waals surface area contributed by atoms with Crippen molar-refractivity contribution in [1.82, 2.24) is 4.90 Å². The molecule has 1 aromatic rings. The topological polar surface area (TPSA) is 20.3 Å². The van der Waals surface area contributed by atoms with E-state index in [1.165, 1.54) is 6.07 Å². The molecule has 98 valence electrons. The van der Waals surface area contributed by atoms with Gasteiger partial charge in [-0.2, -0.15) is 0 Å². The molecule has 2 nitrogen and oxygen atoms in total. The number of piperidine rings is 1. The van der Waals surface area contributed by atoms with Crippen LogP contribution in [0.3, 0.4) is 0 Å². The van der Waals surface area contributed by atoms with Gasteiger partial charge >= 0.3 is 0 Å². The Balaban J connectivity index is 2.05. The van der Waals surface area contributed by atoms with Crippen LogP contribution in [0.25, 0.3) is 0 Å². The van der Waals surface area contributed by atoms with E-state index in [0.717, 1.165) is 25.8 Å². The molecule has 4 heteroatoms. The molecule has 2 rings (SSSR count). The summed E-state index contributed by atoms with van der Waals surface area (Å²) in [7, 11) is 0. The SMILES string of the molecule is O=C(Cc1ccccc1F)N1CCCCC1CCl. The molecule has 1 aliphatic rings. The lowest BCUT2D eigenvalue weighted by Crippen LogP contribution is -2.45. The van der Waals surface area contributed by atoms with Crippen molar-refractivity contribution in [2.24, 2.45) is 0 Å². The number of hydrogen-bond acceptors (Lipinski definition) is 1. The Labute approximate surface area is 112 Å². The number of amides is 1. The summed E-state index contributed by atoms with van der Waals surface area (Å²) in [5.74, 6) is 0.124. The van der Waals surface area contributed by atoms with E-state index in [-0.39, 0.29) is 24.2 Å². The average molecular weight is 270 g/mol. The van der Waals surface area contributed by atoms with E-state index in [4.69, 9.17) is 11.6 Å². The van der Waals surface area contributed by atoms with Crippen molar-refractivity contribution in [2.45, 2.75) is 31.7 Å². The molecular formula is C14H17ClFNO. The molecule has 0 bridgehead atoms. The smallest absolute Gasteiger partial charge is 0.227 e. The first-order chi connectivity index (χ1) is 8.72. The second kappa shape index (κ2) is 6.19. The lowest BCUT2D eigenvalue weighted by molar-refractivity contribution is -0.133. The van der Waals surface area contributed by atoms with Crippen LogP contribution in [0.2, 0.25) is 0 Å². The normalized spacial score (nSPS) is 19.9. The molecule has 0 aromatic heterocycles. The third-order valence-electron chi connectivity index (χ3n) is 3.43. The fourth-order valence-electron chi connectivity index (χ4n) is 2.40. The maximum absolute atomic E-state index is 13.5. The van der Waals surface area contributed by atoms with Crippen molar-refractivity contribution in [3.63, 3.8) is 0 Å². The van der Waals surface area contributed by atoms with Crippen LogP contribution < -0.4 is 0 Å². The number of halogens is 2. The van der Waals surface area contributed by atoms with E-state index in [0.29, 0.717) is 11.4 Å². The largest absolute Gasteiger partial charge is 0.338 e. The molecule has 1 atom stereocenters. The van der Waals surface area contributed by atoms with Gasteiger partial charge in [0, 0.05) is 18.5 Å². The Morgan fingerprint density at radius 1 is 1.39 bits per heavy atom. The molecule has 0 aliphatic carbocycles. The molecule has 1 heterocycles. The Morgan fingerprint density at radius 3 is 2.89 bits per heavy atom. The second-order valence-electron chi connectivity index (χ2n) is 4.66. The van der Waals surface area contributed by atoms with E-state index in [1.54, 1.807) is 18.2 Å². The van der Waals surface area contributed by atoms with Gasteiger partial charge in [0.15, 0.2) is 0 Å². The van der Waals surface area contributed by atoms with Gasteiger partial charge in [0.2, 0.25) is 5.91 Å². The Morgan fingerprint density at radius 2 is 2.17 bits per heavy atom. The molecule has 0 radical (unpaired) electrons. The number of carbonyl (C=O) groups excluding carboxylic acids is 1. The Kier molecular flexibility index (Phi) is 4.59. The zero-order valence-electron chi connectivity index (χ0n) is 10.2. The van der Waals surface area contributed by atoms with Gasteiger partial charge in [0.05, 0.1) is 6.42 Å². The molecule has 1 aliphatic heterocycles.